The van der Waals surface area contributed by atoms with Crippen LogP contribution in [0, 0.1) is 11.3 Å². The van der Waals surface area contributed by atoms with Crippen LogP contribution in [-0.2, 0) is 0 Å². The first-order valence-corrected chi connectivity index (χ1v) is 6.54. The largest absolute Gasteiger partial charge is 0.397 e. The summed E-state index contributed by atoms with van der Waals surface area (Å²) in [5, 5.41) is 9.34. The number of aromatic nitrogens is 1. The van der Waals surface area contributed by atoms with Crippen LogP contribution in [0.1, 0.15) is 36.5 Å². The number of nitriles is 1. The maximum atomic E-state index is 9.34. The van der Waals surface area contributed by atoms with Crippen molar-refractivity contribution < 1.29 is 0 Å². The molecule has 0 amide bonds. The molecule has 0 saturated heterocycles. The van der Waals surface area contributed by atoms with Gasteiger partial charge in [0.25, 0.3) is 0 Å². The number of allylic oxidation sites excluding steroid dienone is 1. The Morgan fingerprint density at radius 2 is 1.85 bits per heavy atom. The lowest BCUT2D eigenvalue weighted by Gasteiger charge is -2.09. The van der Waals surface area contributed by atoms with Crippen LogP contribution in [0.5, 0.6) is 0 Å². The summed E-state index contributed by atoms with van der Waals surface area (Å²) in [5.41, 5.74) is 9.92. The molecule has 1 heterocycles. The average Bonchev–Trinajstić information content (AvgIpc) is 2.49. The summed E-state index contributed by atoms with van der Waals surface area (Å²) in [5.74, 6) is 0.475. The summed E-state index contributed by atoms with van der Waals surface area (Å²) in [6.07, 6.45) is 3.32. The molecular weight excluding hydrogens is 246 g/mol. The fraction of sp³-hybridized carbons (Fsp3) is 0.176. The van der Waals surface area contributed by atoms with Crippen LogP contribution in [0.15, 0.2) is 48.8 Å². The average molecular weight is 263 g/mol. The van der Waals surface area contributed by atoms with Gasteiger partial charge in [0, 0.05) is 18.0 Å². The van der Waals surface area contributed by atoms with E-state index in [1.165, 1.54) is 5.56 Å². The van der Waals surface area contributed by atoms with E-state index in [1.807, 2.05) is 30.3 Å². The zero-order valence-electron chi connectivity index (χ0n) is 11.7. The lowest BCUT2D eigenvalue weighted by molar-refractivity contribution is 0.866. The maximum absolute atomic E-state index is 9.34. The third kappa shape index (κ3) is 2.86. The molecule has 1 aromatic heterocycles. The van der Waals surface area contributed by atoms with Crippen molar-refractivity contribution in [2.45, 2.75) is 19.8 Å². The first-order valence-electron chi connectivity index (χ1n) is 6.54. The Balaban J connectivity index is 2.44. The second-order valence-corrected chi connectivity index (χ2v) is 4.92. The van der Waals surface area contributed by atoms with E-state index in [0.29, 0.717) is 17.2 Å². The van der Waals surface area contributed by atoms with Crippen LogP contribution in [0.2, 0.25) is 0 Å². The normalized spacial score (nSPS) is 11.9. The van der Waals surface area contributed by atoms with E-state index in [0.717, 1.165) is 11.1 Å². The predicted octanol–water partition coefficient (Wildman–Crippen LogP) is 3.56. The Bertz CT molecular complexity index is 647. The molecule has 0 unspecified atom stereocenters. The number of nitrogens with zero attached hydrogens (tertiary/aromatic N) is 2. The summed E-state index contributed by atoms with van der Waals surface area (Å²) in [7, 11) is 0. The van der Waals surface area contributed by atoms with Crippen LogP contribution in [0.3, 0.4) is 0 Å². The van der Waals surface area contributed by atoms with Crippen LogP contribution in [-0.4, -0.2) is 4.98 Å². The first-order chi connectivity index (χ1) is 9.63. The zero-order chi connectivity index (χ0) is 14.5. The van der Waals surface area contributed by atoms with E-state index < -0.39 is 0 Å². The van der Waals surface area contributed by atoms with Gasteiger partial charge in [0.05, 0.1) is 11.3 Å². The van der Waals surface area contributed by atoms with E-state index in [4.69, 9.17) is 5.73 Å². The quantitative estimate of drug-likeness (QED) is 0.861. The van der Waals surface area contributed by atoms with Gasteiger partial charge in [-0.2, -0.15) is 5.26 Å². The molecule has 20 heavy (non-hydrogen) atoms. The van der Waals surface area contributed by atoms with E-state index in [2.05, 4.69) is 24.9 Å². The zero-order valence-corrected chi connectivity index (χ0v) is 11.7. The summed E-state index contributed by atoms with van der Waals surface area (Å²) >= 11 is 0. The Morgan fingerprint density at radius 1 is 1.15 bits per heavy atom. The van der Waals surface area contributed by atoms with Gasteiger partial charge in [-0.25, -0.2) is 0 Å². The van der Waals surface area contributed by atoms with Gasteiger partial charge in [-0.1, -0.05) is 44.2 Å². The number of hydrogen-bond acceptors (Lipinski definition) is 3. The minimum atomic E-state index is 0.454. The fourth-order valence-electron chi connectivity index (χ4n) is 1.98. The van der Waals surface area contributed by atoms with Gasteiger partial charge >= 0.3 is 0 Å². The molecule has 2 N–H and O–H groups in total. The van der Waals surface area contributed by atoms with Crippen molar-refractivity contribution >= 4 is 11.3 Å². The van der Waals surface area contributed by atoms with Gasteiger partial charge in [-0.15, -0.1) is 0 Å². The number of nitrogens with two attached hydrogens (primary N) is 1. The lowest BCUT2D eigenvalue weighted by Crippen LogP contribution is -2.01. The molecule has 100 valence electrons. The number of hydrogen-bond donors (Lipinski definition) is 1. The van der Waals surface area contributed by atoms with E-state index in [1.54, 1.807) is 18.5 Å². The van der Waals surface area contributed by atoms with E-state index in [-0.39, 0.29) is 0 Å². The highest BCUT2D eigenvalue weighted by molar-refractivity contribution is 5.95. The molecule has 0 radical (unpaired) electrons. The summed E-state index contributed by atoms with van der Waals surface area (Å²) in [6.45, 7) is 4.29. The second kappa shape index (κ2) is 6.03. The van der Waals surface area contributed by atoms with Crippen molar-refractivity contribution in [3.8, 4) is 6.07 Å². The van der Waals surface area contributed by atoms with Crippen LogP contribution in [0.4, 0.5) is 0 Å². The standard InChI is InChI=1S/C17H17N3/c1-12(2)13-5-7-14(8-6-13)17(19)16(10-18)15-4-3-9-20-11-15/h3-9,11-12H,19H2,1-2H3/b17-16+. The van der Waals surface area contributed by atoms with Crippen molar-refractivity contribution in [3.05, 3.63) is 65.5 Å². The minimum absolute atomic E-state index is 0.454. The van der Waals surface area contributed by atoms with Crippen LogP contribution < -0.4 is 5.73 Å². The molecule has 0 spiro atoms. The van der Waals surface area contributed by atoms with Crippen molar-refractivity contribution in [2.24, 2.45) is 5.73 Å². The number of rotatable bonds is 3. The first kappa shape index (κ1) is 13.8. The predicted molar refractivity (Wildman–Crippen MR) is 81.4 cm³/mol. The van der Waals surface area contributed by atoms with E-state index >= 15 is 0 Å². The van der Waals surface area contributed by atoms with Gasteiger partial charge in [0.2, 0.25) is 0 Å². The van der Waals surface area contributed by atoms with Gasteiger partial charge in [-0.05, 0) is 23.1 Å². The highest BCUT2D eigenvalue weighted by Crippen LogP contribution is 2.23. The third-order valence-electron chi connectivity index (χ3n) is 3.22. The molecule has 0 bridgehead atoms. The monoisotopic (exact) mass is 263 g/mol. The maximum Gasteiger partial charge on any atom is 0.102 e. The Morgan fingerprint density at radius 3 is 2.35 bits per heavy atom. The Labute approximate surface area is 119 Å². The summed E-state index contributed by atoms with van der Waals surface area (Å²) in [6, 6.07) is 13.8. The Kier molecular flexibility index (Phi) is 4.17. The molecule has 0 saturated carbocycles. The van der Waals surface area contributed by atoms with Gasteiger partial charge in [0.1, 0.15) is 6.07 Å². The third-order valence-corrected chi connectivity index (χ3v) is 3.22. The van der Waals surface area contributed by atoms with Gasteiger partial charge in [-0.3, -0.25) is 4.98 Å². The highest BCUT2D eigenvalue weighted by Gasteiger charge is 2.09. The van der Waals surface area contributed by atoms with E-state index in [9.17, 15) is 5.26 Å². The fourth-order valence-corrected chi connectivity index (χ4v) is 1.98. The molecule has 3 heteroatoms. The smallest absolute Gasteiger partial charge is 0.102 e. The highest BCUT2D eigenvalue weighted by atomic mass is 14.6. The lowest BCUT2D eigenvalue weighted by atomic mass is 9.98. The second-order valence-electron chi connectivity index (χ2n) is 4.92. The van der Waals surface area contributed by atoms with Crippen molar-refractivity contribution in [1.29, 1.82) is 5.26 Å². The summed E-state index contributed by atoms with van der Waals surface area (Å²) < 4.78 is 0. The topological polar surface area (TPSA) is 62.7 Å². The molecular formula is C17H17N3. The molecule has 0 aliphatic carbocycles. The number of pyridine rings is 1. The van der Waals surface area contributed by atoms with Crippen molar-refractivity contribution in [1.82, 2.24) is 4.98 Å². The minimum Gasteiger partial charge on any atom is -0.397 e. The van der Waals surface area contributed by atoms with Crippen LogP contribution >= 0.6 is 0 Å². The van der Waals surface area contributed by atoms with Gasteiger partial charge in [0.15, 0.2) is 0 Å². The molecule has 0 atom stereocenters. The Hall–Kier alpha value is -2.60. The van der Waals surface area contributed by atoms with Crippen molar-refractivity contribution in [3.63, 3.8) is 0 Å². The molecule has 0 aliphatic heterocycles. The molecule has 1 aromatic carbocycles. The SMILES string of the molecule is CC(C)c1ccc(/C(N)=C(/C#N)c2cccnc2)cc1. The molecule has 2 rings (SSSR count). The van der Waals surface area contributed by atoms with Crippen molar-refractivity contribution in [2.75, 3.05) is 0 Å². The molecule has 2 aromatic rings. The van der Waals surface area contributed by atoms with Gasteiger partial charge < -0.3 is 5.73 Å². The molecule has 0 aliphatic rings. The molecule has 3 nitrogen and oxygen atoms in total. The summed E-state index contributed by atoms with van der Waals surface area (Å²) in [4.78, 5) is 4.03. The number of benzene rings is 1. The molecule has 0 fully saturated rings. The van der Waals surface area contributed by atoms with Crippen LogP contribution in [0.25, 0.3) is 11.3 Å².